The normalized spacial score (nSPS) is 12.2. The van der Waals surface area contributed by atoms with Gasteiger partial charge in [-0.25, -0.2) is 4.79 Å². The van der Waals surface area contributed by atoms with Crippen LogP contribution in [0.4, 0.5) is 5.69 Å². The van der Waals surface area contributed by atoms with Crippen molar-refractivity contribution in [1.29, 1.82) is 0 Å². The summed E-state index contributed by atoms with van der Waals surface area (Å²) < 4.78 is 2.02. The third-order valence-corrected chi connectivity index (χ3v) is 5.51. The summed E-state index contributed by atoms with van der Waals surface area (Å²) in [5.41, 5.74) is 2.05. The molecule has 0 amide bonds. The van der Waals surface area contributed by atoms with Crippen molar-refractivity contribution in [2.45, 2.75) is 32.6 Å². The van der Waals surface area contributed by atoms with Crippen molar-refractivity contribution in [3.05, 3.63) is 86.3 Å². The van der Waals surface area contributed by atoms with E-state index in [2.05, 4.69) is 23.8 Å². The summed E-state index contributed by atoms with van der Waals surface area (Å²) in [6, 6.07) is 11.8. The Morgan fingerprint density at radius 2 is 1.57 bits per heavy atom. The Labute approximate surface area is 175 Å². The molecule has 2 heterocycles. The monoisotopic (exact) mass is 406 g/mol. The Bertz CT molecular complexity index is 1200. The molecule has 30 heavy (non-hydrogen) atoms. The molecule has 7 heteroatoms. The lowest BCUT2D eigenvalue weighted by molar-refractivity contribution is 0.410. The molecule has 0 bridgehead atoms. The van der Waals surface area contributed by atoms with Crippen molar-refractivity contribution < 1.29 is 5.11 Å². The highest BCUT2D eigenvalue weighted by Crippen LogP contribution is 2.32. The highest BCUT2D eigenvalue weighted by atomic mass is 16.3. The first-order valence-electron chi connectivity index (χ1n) is 9.76. The van der Waals surface area contributed by atoms with E-state index >= 15 is 0 Å². The summed E-state index contributed by atoms with van der Waals surface area (Å²) in [6.45, 7) is 6.14. The number of hydrogen-bond donors (Lipinski definition) is 1. The molecule has 0 saturated carbocycles. The largest absolute Gasteiger partial charge is 0.494 e. The maximum atomic E-state index is 12.6. The second-order valence-electron chi connectivity index (χ2n) is 7.72. The molecule has 0 fully saturated rings. The highest BCUT2D eigenvalue weighted by Gasteiger charge is 2.23. The number of aromatic nitrogens is 3. The zero-order valence-corrected chi connectivity index (χ0v) is 17.9. The van der Waals surface area contributed by atoms with Crippen molar-refractivity contribution >= 4 is 11.4 Å². The smallest absolute Gasteiger partial charge is 0.333 e. The third-order valence-electron chi connectivity index (χ3n) is 5.51. The quantitative estimate of drug-likeness (QED) is 0.660. The first-order valence-corrected chi connectivity index (χ1v) is 9.76. The lowest BCUT2D eigenvalue weighted by Crippen LogP contribution is -2.40. The van der Waals surface area contributed by atoms with Gasteiger partial charge in [0.2, 0.25) is 5.88 Å². The minimum atomic E-state index is -0.584. The van der Waals surface area contributed by atoms with Gasteiger partial charge in [0, 0.05) is 31.9 Å². The molecule has 0 unspecified atom stereocenters. The number of aromatic hydroxyl groups is 1. The number of nitrogens with zero attached hydrogens (tertiary/aromatic N) is 4. The predicted molar refractivity (Wildman–Crippen MR) is 118 cm³/mol. The van der Waals surface area contributed by atoms with E-state index in [1.807, 2.05) is 43.3 Å². The van der Waals surface area contributed by atoms with E-state index in [1.54, 1.807) is 12.4 Å². The van der Waals surface area contributed by atoms with Crippen LogP contribution in [0.2, 0.25) is 0 Å². The zero-order valence-electron chi connectivity index (χ0n) is 17.9. The first kappa shape index (κ1) is 21.2. The number of rotatable bonds is 5. The second kappa shape index (κ2) is 8.10. The van der Waals surface area contributed by atoms with Gasteiger partial charge >= 0.3 is 5.69 Å². The molecule has 2 aromatic heterocycles. The highest BCUT2D eigenvalue weighted by molar-refractivity contribution is 6.03. The van der Waals surface area contributed by atoms with Crippen LogP contribution in [-0.2, 0) is 19.5 Å². The summed E-state index contributed by atoms with van der Waals surface area (Å²) in [6.07, 6.45) is 3.98. The van der Waals surface area contributed by atoms with Crippen molar-refractivity contribution in [1.82, 2.24) is 14.1 Å². The summed E-state index contributed by atoms with van der Waals surface area (Å²) in [7, 11) is 2.81. The Hall–Kier alpha value is -3.48. The SMILES string of the molecule is CCC(=Nc1ccc(C(C)(C)c2ccncc2)cc1)c1c(O)n(C)c(=O)n(C)c1=O. The lowest BCUT2D eigenvalue weighted by Gasteiger charge is -2.26. The predicted octanol–water partition coefficient (Wildman–Crippen LogP) is 3.04. The van der Waals surface area contributed by atoms with Gasteiger partial charge in [-0.05, 0) is 41.8 Å². The average molecular weight is 406 g/mol. The molecule has 156 valence electrons. The van der Waals surface area contributed by atoms with Gasteiger partial charge in [0.25, 0.3) is 5.56 Å². The Balaban J connectivity index is 2.03. The summed E-state index contributed by atoms with van der Waals surface area (Å²) in [5.74, 6) is -0.376. The summed E-state index contributed by atoms with van der Waals surface area (Å²) >= 11 is 0. The molecule has 1 aromatic carbocycles. The molecule has 7 nitrogen and oxygen atoms in total. The fourth-order valence-electron chi connectivity index (χ4n) is 3.44. The number of aliphatic imine (C=N–C) groups is 1. The molecule has 3 rings (SSSR count). The van der Waals surface area contributed by atoms with E-state index in [1.165, 1.54) is 14.1 Å². The second-order valence-corrected chi connectivity index (χ2v) is 7.72. The molecule has 0 saturated heterocycles. The molecule has 0 radical (unpaired) electrons. The van der Waals surface area contributed by atoms with E-state index in [9.17, 15) is 14.7 Å². The van der Waals surface area contributed by atoms with Gasteiger partial charge in [0.15, 0.2) is 0 Å². The van der Waals surface area contributed by atoms with E-state index in [-0.39, 0.29) is 16.9 Å². The van der Waals surface area contributed by atoms with Gasteiger partial charge in [-0.3, -0.25) is 23.9 Å². The van der Waals surface area contributed by atoms with E-state index in [4.69, 9.17) is 0 Å². The summed E-state index contributed by atoms with van der Waals surface area (Å²) in [5, 5.41) is 10.4. The molecule has 0 aliphatic carbocycles. The molecular weight excluding hydrogens is 380 g/mol. The maximum absolute atomic E-state index is 12.6. The molecule has 0 aliphatic rings. The zero-order chi connectivity index (χ0) is 22.1. The molecule has 3 aromatic rings. The van der Waals surface area contributed by atoms with Gasteiger partial charge in [-0.2, -0.15) is 0 Å². The van der Waals surface area contributed by atoms with Crippen molar-refractivity contribution in [2.24, 2.45) is 19.1 Å². The Morgan fingerprint density at radius 3 is 2.13 bits per heavy atom. The van der Waals surface area contributed by atoms with Crippen molar-refractivity contribution in [3.63, 3.8) is 0 Å². The number of hydrogen-bond acceptors (Lipinski definition) is 5. The molecule has 0 spiro atoms. The van der Waals surface area contributed by atoms with Crippen LogP contribution in [0.15, 0.2) is 63.4 Å². The average Bonchev–Trinajstić information content (AvgIpc) is 2.76. The van der Waals surface area contributed by atoms with Gasteiger partial charge in [0.1, 0.15) is 5.56 Å². The molecule has 0 aliphatic heterocycles. The van der Waals surface area contributed by atoms with Crippen LogP contribution in [-0.4, -0.2) is 24.9 Å². The summed E-state index contributed by atoms with van der Waals surface area (Å²) in [4.78, 5) is 33.3. The van der Waals surface area contributed by atoms with E-state index in [0.717, 1.165) is 20.3 Å². The topological polar surface area (TPSA) is 89.5 Å². The van der Waals surface area contributed by atoms with Crippen LogP contribution in [0.3, 0.4) is 0 Å². The van der Waals surface area contributed by atoms with Crippen LogP contribution in [0.1, 0.15) is 43.9 Å². The third kappa shape index (κ3) is 3.70. The first-order chi connectivity index (χ1) is 14.2. The lowest BCUT2D eigenvalue weighted by atomic mass is 9.78. The fourth-order valence-corrected chi connectivity index (χ4v) is 3.44. The number of benzene rings is 1. The molecule has 0 atom stereocenters. The minimum absolute atomic E-state index is 0.0447. The van der Waals surface area contributed by atoms with Crippen LogP contribution in [0, 0.1) is 0 Å². The van der Waals surface area contributed by atoms with Crippen LogP contribution in [0.5, 0.6) is 5.88 Å². The van der Waals surface area contributed by atoms with Crippen LogP contribution < -0.4 is 11.2 Å². The molecular formula is C23H26N4O3. The van der Waals surface area contributed by atoms with Gasteiger partial charge in [0.05, 0.1) is 11.4 Å². The van der Waals surface area contributed by atoms with Crippen molar-refractivity contribution in [3.8, 4) is 5.88 Å². The molecule has 1 N–H and O–H groups in total. The van der Waals surface area contributed by atoms with Gasteiger partial charge in [-0.1, -0.05) is 32.9 Å². The maximum Gasteiger partial charge on any atom is 0.333 e. The van der Waals surface area contributed by atoms with Gasteiger partial charge < -0.3 is 5.11 Å². The van der Waals surface area contributed by atoms with E-state index < -0.39 is 11.2 Å². The standard InChI is InChI=1S/C23H26N4O3/c1-6-18(19-20(28)26(4)22(30)27(5)21(19)29)25-17-9-7-15(8-10-17)23(2,3)16-11-13-24-14-12-16/h7-14,28H,6H2,1-5H3. The fraction of sp³-hybridized carbons (Fsp3) is 0.304. The number of pyridine rings is 1. The van der Waals surface area contributed by atoms with Crippen LogP contribution >= 0.6 is 0 Å². The van der Waals surface area contributed by atoms with Crippen LogP contribution in [0.25, 0.3) is 0 Å². The van der Waals surface area contributed by atoms with Crippen molar-refractivity contribution in [2.75, 3.05) is 0 Å². The van der Waals surface area contributed by atoms with Gasteiger partial charge in [-0.15, -0.1) is 0 Å². The minimum Gasteiger partial charge on any atom is -0.494 e. The van der Waals surface area contributed by atoms with E-state index in [0.29, 0.717) is 17.8 Å². The Kier molecular flexibility index (Phi) is 5.73. The Morgan fingerprint density at radius 1 is 1.00 bits per heavy atom.